The summed E-state index contributed by atoms with van der Waals surface area (Å²) in [6, 6.07) is 13.5. The standard InChI is InChI=1S/C19H23NO/c1-12-5-6-15(9-13(12)2)19(20-4)16-7-8-18-17(11-16)10-14(3)21-18/h5-9,11,14,19-20H,10H2,1-4H3. The summed E-state index contributed by atoms with van der Waals surface area (Å²) < 4.78 is 5.80. The van der Waals surface area contributed by atoms with Crippen molar-refractivity contribution in [2.24, 2.45) is 0 Å². The summed E-state index contributed by atoms with van der Waals surface area (Å²) in [7, 11) is 2.02. The van der Waals surface area contributed by atoms with Crippen molar-refractivity contribution in [2.45, 2.75) is 39.3 Å². The van der Waals surface area contributed by atoms with E-state index < -0.39 is 0 Å². The molecule has 0 saturated heterocycles. The molecule has 1 N–H and O–H groups in total. The number of rotatable bonds is 3. The number of aryl methyl sites for hydroxylation is 2. The highest BCUT2D eigenvalue weighted by molar-refractivity contribution is 5.44. The maximum Gasteiger partial charge on any atom is 0.123 e. The summed E-state index contributed by atoms with van der Waals surface area (Å²) in [4.78, 5) is 0. The third-order valence-electron chi connectivity index (χ3n) is 4.41. The normalized spacial score (nSPS) is 18.2. The first-order valence-corrected chi connectivity index (χ1v) is 7.62. The van der Waals surface area contributed by atoms with Crippen LogP contribution in [0, 0.1) is 13.8 Å². The SMILES string of the molecule is CNC(c1ccc(C)c(C)c1)c1ccc2c(c1)CC(C)O2. The van der Waals surface area contributed by atoms with Gasteiger partial charge in [-0.1, -0.05) is 30.3 Å². The van der Waals surface area contributed by atoms with E-state index in [4.69, 9.17) is 4.74 Å². The van der Waals surface area contributed by atoms with Gasteiger partial charge in [-0.05, 0) is 61.7 Å². The van der Waals surface area contributed by atoms with Crippen LogP contribution < -0.4 is 10.1 Å². The zero-order valence-electron chi connectivity index (χ0n) is 13.2. The predicted molar refractivity (Wildman–Crippen MR) is 87.1 cm³/mol. The topological polar surface area (TPSA) is 21.3 Å². The summed E-state index contributed by atoms with van der Waals surface area (Å²) in [6.45, 7) is 6.45. The molecule has 2 heteroatoms. The zero-order valence-corrected chi connectivity index (χ0v) is 13.2. The average molecular weight is 281 g/mol. The van der Waals surface area contributed by atoms with Crippen molar-refractivity contribution in [2.75, 3.05) is 7.05 Å². The fraction of sp³-hybridized carbons (Fsp3) is 0.368. The van der Waals surface area contributed by atoms with Crippen molar-refractivity contribution in [1.29, 1.82) is 0 Å². The second kappa shape index (κ2) is 5.53. The minimum absolute atomic E-state index is 0.227. The molecular weight excluding hydrogens is 258 g/mol. The highest BCUT2D eigenvalue weighted by atomic mass is 16.5. The maximum atomic E-state index is 5.80. The van der Waals surface area contributed by atoms with Crippen LogP contribution in [0.4, 0.5) is 0 Å². The van der Waals surface area contributed by atoms with Crippen LogP contribution >= 0.6 is 0 Å². The van der Waals surface area contributed by atoms with Gasteiger partial charge < -0.3 is 10.1 Å². The molecule has 2 nitrogen and oxygen atoms in total. The Morgan fingerprint density at radius 2 is 1.76 bits per heavy atom. The van der Waals surface area contributed by atoms with Crippen LogP contribution in [0.1, 0.15) is 40.8 Å². The third-order valence-corrected chi connectivity index (χ3v) is 4.41. The predicted octanol–water partition coefficient (Wildman–Crippen LogP) is 3.94. The molecule has 0 aromatic heterocycles. The van der Waals surface area contributed by atoms with Crippen molar-refractivity contribution in [3.63, 3.8) is 0 Å². The van der Waals surface area contributed by atoms with Crippen molar-refractivity contribution in [1.82, 2.24) is 5.32 Å². The van der Waals surface area contributed by atoms with E-state index >= 15 is 0 Å². The summed E-state index contributed by atoms with van der Waals surface area (Å²) >= 11 is 0. The molecule has 0 spiro atoms. The Hall–Kier alpha value is -1.80. The van der Waals surface area contributed by atoms with Gasteiger partial charge in [-0.15, -0.1) is 0 Å². The Kier molecular flexibility index (Phi) is 3.73. The van der Waals surface area contributed by atoms with E-state index in [0.717, 1.165) is 12.2 Å². The lowest BCUT2D eigenvalue weighted by Gasteiger charge is -2.19. The summed E-state index contributed by atoms with van der Waals surface area (Å²) in [5, 5.41) is 3.44. The van der Waals surface area contributed by atoms with Crippen molar-refractivity contribution >= 4 is 0 Å². The molecule has 2 unspecified atom stereocenters. The van der Waals surface area contributed by atoms with Gasteiger partial charge in [0.25, 0.3) is 0 Å². The van der Waals surface area contributed by atoms with Crippen LogP contribution in [-0.4, -0.2) is 13.2 Å². The molecule has 0 radical (unpaired) electrons. The second-order valence-corrected chi connectivity index (χ2v) is 6.07. The van der Waals surface area contributed by atoms with Crippen molar-refractivity contribution in [3.05, 3.63) is 64.2 Å². The van der Waals surface area contributed by atoms with Crippen molar-refractivity contribution in [3.8, 4) is 5.75 Å². The largest absolute Gasteiger partial charge is 0.490 e. The molecule has 0 saturated carbocycles. The van der Waals surface area contributed by atoms with Gasteiger partial charge in [-0.3, -0.25) is 0 Å². The Bertz CT molecular complexity index is 663. The first kappa shape index (κ1) is 14.2. The van der Waals surface area contributed by atoms with E-state index in [1.165, 1.54) is 27.8 Å². The Balaban J connectivity index is 1.97. The summed E-state index contributed by atoms with van der Waals surface area (Å²) in [5.74, 6) is 1.04. The molecule has 1 aliphatic rings. The van der Waals surface area contributed by atoms with Gasteiger partial charge in [0.05, 0.1) is 6.04 Å². The molecule has 0 fully saturated rings. The van der Waals surface area contributed by atoms with Crippen LogP contribution in [0.3, 0.4) is 0 Å². The number of hydrogen-bond acceptors (Lipinski definition) is 2. The lowest BCUT2D eigenvalue weighted by atomic mass is 9.94. The van der Waals surface area contributed by atoms with E-state index in [1.807, 2.05) is 7.05 Å². The second-order valence-electron chi connectivity index (χ2n) is 6.07. The number of benzene rings is 2. The van der Waals surface area contributed by atoms with E-state index in [0.29, 0.717) is 6.10 Å². The third kappa shape index (κ3) is 2.68. The lowest BCUT2D eigenvalue weighted by Crippen LogP contribution is -2.18. The Morgan fingerprint density at radius 3 is 2.48 bits per heavy atom. The average Bonchev–Trinajstić information content (AvgIpc) is 2.83. The van der Waals surface area contributed by atoms with Gasteiger partial charge in [0, 0.05) is 6.42 Å². The molecule has 1 aliphatic heterocycles. The maximum absolute atomic E-state index is 5.80. The molecule has 0 bridgehead atoms. The highest BCUT2D eigenvalue weighted by Gasteiger charge is 2.21. The minimum Gasteiger partial charge on any atom is -0.490 e. The van der Waals surface area contributed by atoms with Crippen LogP contribution in [0.15, 0.2) is 36.4 Å². The molecule has 110 valence electrons. The number of ether oxygens (including phenoxy) is 1. The molecule has 0 amide bonds. The van der Waals surface area contributed by atoms with E-state index in [2.05, 4.69) is 62.5 Å². The van der Waals surface area contributed by atoms with Gasteiger partial charge in [0.1, 0.15) is 11.9 Å². The zero-order chi connectivity index (χ0) is 15.0. The lowest BCUT2D eigenvalue weighted by molar-refractivity contribution is 0.254. The molecule has 0 aliphatic carbocycles. The fourth-order valence-corrected chi connectivity index (χ4v) is 3.09. The van der Waals surface area contributed by atoms with Crippen LogP contribution in [0.5, 0.6) is 5.75 Å². The fourth-order valence-electron chi connectivity index (χ4n) is 3.09. The Morgan fingerprint density at radius 1 is 1.05 bits per heavy atom. The summed E-state index contributed by atoms with van der Waals surface area (Å²) in [5.41, 5.74) is 6.62. The molecule has 2 aromatic rings. The Labute approximate surface area is 127 Å². The van der Waals surface area contributed by atoms with E-state index in [9.17, 15) is 0 Å². The number of nitrogens with one attached hydrogen (secondary N) is 1. The van der Waals surface area contributed by atoms with Crippen LogP contribution in [-0.2, 0) is 6.42 Å². The molecule has 3 rings (SSSR count). The van der Waals surface area contributed by atoms with Gasteiger partial charge in [-0.25, -0.2) is 0 Å². The first-order valence-electron chi connectivity index (χ1n) is 7.62. The quantitative estimate of drug-likeness (QED) is 0.920. The molecule has 2 aromatic carbocycles. The van der Waals surface area contributed by atoms with Crippen LogP contribution in [0.2, 0.25) is 0 Å². The highest BCUT2D eigenvalue weighted by Crippen LogP contribution is 2.33. The monoisotopic (exact) mass is 281 g/mol. The van der Waals surface area contributed by atoms with Gasteiger partial charge in [0.15, 0.2) is 0 Å². The summed E-state index contributed by atoms with van der Waals surface area (Å²) in [6.07, 6.45) is 1.30. The smallest absolute Gasteiger partial charge is 0.123 e. The van der Waals surface area contributed by atoms with E-state index in [-0.39, 0.29) is 6.04 Å². The van der Waals surface area contributed by atoms with E-state index in [1.54, 1.807) is 0 Å². The molecule has 21 heavy (non-hydrogen) atoms. The van der Waals surface area contributed by atoms with Crippen LogP contribution in [0.25, 0.3) is 0 Å². The molecular formula is C19H23NO. The van der Waals surface area contributed by atoms with Crippen molar-refractivity contribution < 1.29 is 4.74 Å². The van der Waals surface area contributed by atoms with Gasteiger partial charge in [0.2, 0.25) is 0 Å². The van der Waals surface area contributed by atoms with Gasteiger partial charge in [-0.2, -0.15) is 0 Å². The van der Waals surface area contributed by atoms with Gasteiger partial charge >= 0.3 is 0 Å². The molecule has 1 heterocycles. The number of hydrogen-bond donors (Lipinski definition) is 1. The number of fused-ring (bicyclic) bond motifs is 1. The first-order chi connectivity index (χ1) is 10.1. The minimum atomic E-state index is 0.227. The molecule has 2 atom stereocenters.